The molecular weight excluding hydrogens is 280 g/mol. The number of aryl methyl sites for hydroxylation is 1. The van der Waals surface area contributed by atoms with Crippen LogP contribution in [0.5, 0.6) is 11.5 Å². The predicted octanol–water partition coefficient (Wildman–Crippen LogP) is 3.55. The van der Waals surface area contributed by atoms with Gasteiger partial charge in [-0.15, -0.1) is 0 Å². The third-order valence-corrected chi connectivity index (χ3v) is 2.74. The van der Waals surface area contributed by atoms with Crippen LogP contribution in [0.3, 0.4) is 0 Å². The number of ether oxygens (including phenoxy) is 1. The molecule has 0 spiro atoms. The number of carbonyl (C=O) groups is 1. The number of alkyl halides is 2. The molecule has 2 aromatic carbocycles. The zero-order valence-electron chi connectivity index (χ0n) is 11.1. The third kappa shape index (κ3) is 3.92. The molecule has 0 aromatic heterocycles. The molecule has 0 heterocycles. The molecule has 21 heavy (non-hydrogen) atoms. The maximum atomic E-state index is 12.0. The number of phenols is 1. The summed E-state index contributed by atoms with van der Waals surface area (Å²) in [5.74, 6) is -0.610. The highest BCUT2D eigenvalue weighted by Gasteiger charge is 2.11. The van der Waals surface area contributed by atoms with E-state index in [0.29, 0.717) is 5.69 Å². The number of aromatic hydroxyl groups is 1. The van der Waals surface area contributed by atoms with Gasteiger partial charge in [0.1, 0.15) is 11.5 Å². The van der Waals surface area contributed by atoms with E-state index in [9.17, 15) is 18.7 Å². The van der Waals surface area contributed by atoms with Gasteiger partial charge in [-0.2, -0.15) is 8.78 Å². The molecule has 0 aliphatic rings. The Bertz CT molecular complexity index is 642. The van der Waals surface area contributed by atoms with Crippen LogP contribution >= 0.6 is 0 Å². The number of rotatable bonds is 4. The summed E-state index contributed by atoms with van der Waals surface area (Å²) in [7, 11) is 0. The van der Waals surface area contributed by atoms with Gasteiger partial charge in [0.2, 0.25) is 0 Å². The molecule has 0 saturated heterocycles. The predicted molar refractivity (Wildman–Crippen MR) is 73.9 cm³/mol. The quantitative estimate of drug-likeness (QED) is 0.906. The van der Waals surface area contributed by atoms with Gasteiger partial charge in [-0.05, 0) is 48.9 Å². The summed E-state index contributed by atoms with van der Waals surface area (Å²) < 4.78 is 28.2. The molecule has 0 unspecified atom stereocenters. The van der Waals surface area contributed by atoms with Crippen molar-refractivity contribution in [3.8, 4) is 11.5 Å². The minimum absolute atomic E-state index is 0.00109. The van der Waals surface area contributed by atoms with Gasteiger partial charge < -0.3 is 15.2 Å². The molecule has 0 fully saturated rings. The molecular formula is C15H13F2NO3. The molecule has 2 N–H and O–H groups in total. The Morgan fingerprint density at radius 3 is 2.43 bits per heavy atom. The number of amides is 1. The number of phenolic OH excluding ortho intramolecular Hbond substituents is 1. The molecule has 0 bridgehead atoms. The fourth-order valence-electron chi connectivity index (χ4n) is 1.75. The summed E-state index contributed by atoms with van der Waals surface area (Å²) in [6.07, 6.45) is 0. The lowest BCUT2D eigenvalue weighted by Gasteiger charge is -2.09. The molecule has 2 aromatic rings. The number of carbonyl (C=O) groups excluding carboxylic acids is 1. The molecule has 2 rings (SSSR count). The van der Waals surface area contributed by atoms with Crippen LogP contribution in [0.2, 0.25) is 0 Å². The first-order valence-corrected chi connectivity index (χ1v) is 6.11. The van der Waals surface area contributed by atoms with Crippen LogP contribution in [-0.4, -0.2) is 17.6 Å². The Balaban J connectivity index is 2.08. The molecule has 0 aliphatic heterocycles. The van der Waals surface area contributed by atoms with Crippen LogP contribution in [0, 0.1) is 6.92 Å². The third-order valence-electron chi connectivity index (χ3n) is 2.74. The van der Waals surface area contributed by atoms with E-state index in [1.807, 2.05) is 0 Å². The van der Waals surface area contributed by atoms with E-state index in [1.165, 1.54) is 36.4 Å². The highest BCUT2D eigenvalue weighted by atomic mass is 19.3. The second-order valence-corrected chi connectivity index (χ2v) is 4.38. The number of benzene rings is 2. The molecule has 4 nitrogen and oxygen atoms in total. The lowest BCUT2D eigenvalue weighted by Crippen LogP contribution is -2.12. The van der Waals surface area contributed by atoms with Crippen molar-refractivity contribution in [2.24, 2.45) is 0 Å². The minimum atomic E-state index is -2.89. The summed E-state index contributed by atoms with van der Waals surface area (Å²) in [6, 6.07) is 10.2. The van der Waals surface area contributed by atoms with Crippen molar-refractivity contribution in [2.75, 3.05) is 5.32 Å². The van der Waals surface area contributed by atoms with E-state index < -0.39 is 12.5 Å². The topological polar surface area (TPSA) is 58.6 Å². The van der Waals surface area contributed by atoms with Gasteiger partial charge in [0.05, 0.1) is 5.56 Å². The molecule has 0 aliphatic carbocycles. The summed E-state index contributed by atoms with van der Waals surface area (Å²) in [5.41, 5.74) is 1.37. The first kappa shape index (κ1) is 14.8. The zero-order chi connectivity index (χ0) is 15.4. The van der Waals surface area contributed by atoms with Gasteiger partial charge in [0, 0.05) is 5.69 Å². The maximum Gasteiger partial charge on any atom is 0.387 e. The fraction of sp³-hybridized carbons (Fsp3) is 0.133. The highest BCUT2D eigenvalue weighted by Crippen LogP contribution is 2.21. The van der Waals surface area contributed by atoms with Crippen molar-refractivity contribution >= 4 is 11.6 Å². The summed E-state index contributed by atoms with van der Waals surface area (Å²) in [4.78, 5) is 12.0. The van der Waals surface area contributed by atoms with Crippen LogP contribution in [0.1, 0.15) is 15.9 Å². The summed E-state index contributed by atoms with van der Waals surface area (Å²) in [5, 5.41) is 12.3. The standard InChI is InChI=1S/C15H13F2NO3/c1-9-2-7-12(13(19)8-9)14(20)18-10-3-5-11(6-4-10)21-15(16)17/h2-8,15,19H,1H3,(H,18,20). The van der Waals surface area contributed by atoms with Crippen molar-refractivity contribution in [3.63, 3.8) is 0 Å². The Hall–Kier alpha value is -2.63. The Labute approximate surface area is 120 Å². The first-order chi connectivity index (χ1) is 9.95. The number of hydrogen-bond acceptors (Lipinski definition) is 3. The van der Waals surface area contributed by atoms with Gasteiger partial charge in [-0.3, -0.25) is 4.79 Å². The molecule has 6 heteroatoms. The number of halogens is 2. The van der Waals surface area contributed by atoms with Gasteiger partial charge in [0.25, 0.3) is 5.91 Å². The molecule has 1 amide bonds. The Morgan fingerprint density at radius 1 is 1.19 bits per heavy atom. The van der Waals surface area contributed by atoms with Crippen LogP contribution in [0.15, 0.2) is 42.5 Å². The first-order valence-electron chi connectivity index (χ1n) is 6.11. The van der Waals surface area contributed by atoms with Crippen LogP contribution in [0.4, 0.5) is 14.5 Å². The average molecular weight is 293 g/mol. The average Bonchev–Trinajstić information content (AvgIpc) is 2.40. The minimum Gasteiger partial charge on any atom is -0.507 e. The van der Waals surface area contributed by atoms with Crippen LogP contribution in [-0.2, 0) is 0 Å². The summed E-state index contributed by atoms with van der Waals surface area (Å²) >= 11 is 0. The molecule has 110 valence electrons. The number of nitrogens with one attached hydrogen (secondary N) is 1. The normalized spacial score (nSPS) is 10.5. The largest absolute Gasteiger partial charge is 0.507 e. The Morgan fingerprint density at radius 2 is 1.86 bits per heavy atom. The second kappa shape index (κ2) is 6.21. The van der Waals surface area contributed by atoms with Crippen molar-refractivity contribution in [1.29, 1.82) is 0 Å². The molecule has 0 atom stereocenters. The van der Waals surface area contributed by atoms with E-state index in [1.54, 1.807) is 13.0 Å². The van der Waals surface area contributed by atoms with Crippen LogP contribution < -0.4 is 10.1 Å². The highest BCUT2D eigenvalue weighted by molar-refractivity contribution is 6.06. The second-order valence-electron chi connectivity index (χ2n) is 4.38. The van der Waals surface area contributed by atoms with E-state index >= 15 is 0 Å². The van der Waals surface area contributed by atoms with Crippen molar-refractivity contribution in [2.45, 2.75) is 13.5 Å². The van der Waals surface area contributed by atoms with Crippen LogP contribution in [0.25, 0.3) is 0 Å². The fourth-order valence-corrected chi connectivity index (χ4v) is 1.75. The summed E-state index contributed by atoms with van der Waals surface area (Å²) in [6.45, 7) is -1.10. The van der Waals surface area contributed by atoms with E-state index in [4.69, 9.17) is 0 Å². The van der Waals surface area contributed by atoms with Crippen molar-refractivity contribution in [1.82, 2.24) is 0 Å². The smallest absolute Gasteiger partial charge is 0.387 e. The van der Waals surface area contributed by atoms with Gasteiger partial charge in [-0.1, -0.05) is 6.07 Å². The van der Waals surface area contributed by atoms with Gasteiger partial charge in [-0.25, -0.2) is 0 Å². The van der Waals surface area contributed by atoms with E-state index in [-0.39, 0.29) is 17.1 Å². The number of anilines is 1. The van der Waals surface area contributed by atoms with Crippen molar-refractivity contribution < 1.29 is 23.4 Å². The molecule has 0 saturated carbocycles. The maximum absolute atomic E-state index is 12.0. The zero-order valence-corrected chi connectivity index (χ0v) is 11.1. The van der Waals surface area contributed by atoms with E-state index in [0.717, 1.165) is 5.56 Å². The lowest BCUT2D eigenvalue weighted by molar-refractivity contribution is -0.0498. The van der Waals surface area contributed by atoms with E-state index in [2.05, 4.69) is 10.1 Å². The van der Waals surface area contributed by atoms with Gasteiger partial charge in [0.15, 0.2) is 0 Å². The monoisotopic (exact) mass is 293 g/mol. The van der Waals surface area contributed by atoms with Crippen molar-refractivity contribution in [3.05, 3.63) is 53.6 Å². The molecule has 0 radical (unpaired) electrons. The SMILES string of the molecule is Cc1ccc(C(=O)Nc2ccc(OC(F)F)cc2)c(O)c1. The van der Waals surface area contributed by atoms with Gasteiger partial charge >= 0.3 is 6.61 Å². The lowest BCUT2D eigenvalue weighted by atomic mass is 10.1. The Kier molecular flexibility index (Phi) is 4.37. The number of hydrogen-bond donors (Lipinski definition) is 2.